The quantitative estimate of drug-likeness (QED) is 0.881. The van der Waals surface area contributed by atoms with Gasteiger partial charge >= 0.3 is 5.97 Å². The topological polar surface area (TPSA) is 79.5 Å². The molecule has 20 heavy (non-hydrogen) atoms. The zero-order chi connectivity index (χ0) is 14.5. The van der Waals surface area contributed by atoms with Gasteiger partial charge in [0, 0.05) is 5.56 Å². The molecule has 0 saturated carbocycles. The van der Waals surface area contributed by atoms with Gasteiger partial charge < -0.3 is 9.63 Å². The summed E-state index contributed by atoms with van der Waals surface area (Å²) in [6, 6.07) is 7.19. The molecular weight excluding hydrogens is 282 g/mol. The smallest absolute Gasteiger partial charge is 0.317 e. The van der Waals surface area contributed by atoms with E-state index in [0.717, 1.165) is 0 Å². The van der Waals surface area contributed by atoms with Crippen molar-refractivity contribution >= 4 is 17.6 Å². The Bertz CT molecular complexity index is 600. The summed E-state index contributed by atoms with van der Waals surface area (Å²) in [5, 5.41) is 13.2. The van der Waals surface area contributed by atoms with Crippen LogP contribution in [0, 0.1) is 0 Å². The van der Waals surface area contributed by atoms with Crippen molar-refractivity contribution in [2.45, 2.75) is 13.5 Å². The lowest BCUT2D eigenvalue weighted by Gasteiger charge is -2.14. The third-order valence-electron chi connectivity index (χ3n) is 2.75. The molecule has 1 aromatic heterocycles. The molecule has 0 radical (unpaired) electrons. The number of likely N-dealkylation sites (N-methyl/N-ethyl adjacent to an activating group) is 1. The van der Waals surface area contributed by atoms with Crippen LogP contribution >= 0.6 is 11.6 Å². The maximum Gasteiger partial charge on any atom is 0.317 e. The Morgan fingerprint density at radius 1 is 1.45 bits per heavy atom. The lowest BCUT2D eigenvalue weighted by atomic mass is 10.2. The number of aliphatic carboxylic acids is 1. The lowest BCUT2D eigenvalue weighted by Crippen LogP contribution is -2.29. The van der Waals surface area contributed by atoms with Crippen molar-refractivity contribution < 1.29 is 14.4 Å². The first-order valence-corrected chi connectivity index (χ1v) is 6.49. The van der Waals surface area contributed by atoms with Gasteiger partial charge in [0.2, 0.25) is 11.7 Å². The van der Waals surface area contributed by atoms with E-state index in [4.69, 9.17) is 21.2 Å². The van der Waals surface area contributed by atoms with E-state index >= 15 is 0 Å². The van der Waals surface area contributed by atoms with Gasteiger partial charge in [0.1, 0.15) is 0 Å². The molecule has 106 valence electrons. The van der Waals surface area contributed by atoms with Crippen LogP contribution in [0.15, 0.2) is 28.8 Å². The van der Waals surface area contributed by atoms with Crippen molar-refractivity contribution in [3.05, 3.63) is 35.2 Å². The van der Waals surface area contributed by atoms with Gasteiger partial charge in [-0.05, 0) is 18.7 Å². The van der Waals surface area contributed by atoms with E-state index in [2.05, 4.69) is 10.1 Å². The Morgan fingerprint density at radius 2 is 2.20 bits per heavy atom. The lowest BCUT2D eigenvalue weighted by molar-refractivity contribution is -0.138. The maximum atomic E-state index is 10.7. The zero-order valence-electron chi connectivity index (χ0n) is 10.9. The van der Waals surface area contributed by atoms with Gasteiger partial charge in [0.25, 0.3) is 0 Å². The molecule has 0 atom stereocenters. The number of carboxylic acids is 1. The van der Waals surface area contributed by atoms with Crippen LogP contribution in [0.2, 0.25) is 5.02 Å². The van der Waals surface area contributed by atoms with E-state index in [1.807, 2.05) is 19.1 Å². The molecule has 2 aromatic rings. The summed E-state index contributed by atoms with van der Waals surface area (Å²) < 4.78 is 5.13. The molecule has 0 aliphatic rings. The molecule has 0 amide bonds. The summed E-state index contributed by atoms with van der Waals surface area (Å²) in [7, 11) is 0. The summed E-state index contributed by atoms with van der Waals surface area (Å²) >= 11 is 6.06. The second-order valence-electron chi connectivity index (χ2n) is 4.19. The van der Waals surface area contributed by atoms with Gasteiger partial charge in [-0.15, -0.1) is 0 Å². The minimum absolute atomic E-state index is 0.0691. The molecule has 1 aromatic carbocycles. The predicted molar refractivity (Wildman–Crippen MR) is 73.3 cm³/mol. The highest BCUT2D eigenvalue weighted by atomic mass is 35.5. The maximum absolute atomic E-state index is 10.7. The molecule has 7 heteroatoms. The first-order chi connectivity index (χ1) is 9.60. The van der Waals surface area contributed by atoms with Crippen LogP contribution in [0.5, 0.6) is 0 Å². The number of hydrogen-bond acceptors (Lipinski definition) is 5. The van der Waals surface area contributed by atoms with Crippen molar-refractivity contribution in [3.63, 3.8) is 0 Å². The van der Waals surface area contributed by atoms with Gasteiger partial charge in [-0.25, -0.2) is 0 Å². The molecule has 1 heterocycles. The van der Waals surface area contributed by atoms with Gasteiger partial charge in [-0.3, -0.25) is 9.69 Å². The molecule has 6 nitrogen and oxygen atoms in total. The van der Waals surface area contributed by atoms with E-state index in [0.29, 0.717) is 35.4 Å². The van der Waals surface area contributed by atoms with E-state index in [1.54, 1.807) is 17.0 Å². The van der Waals surface area contributed by atoms with Crippen LogP contribution in [0.1, 0.15) is 12.8 Å². The van der Waals surface area contributed by atoms with Crippen LogP contribution in [0.25, 0.3) is 11.4 Å². The first-order valence-electron chi connectivity index (χ1n) is 6.11. The molecule has 0 aliphatic heterocycles. The van der Waals surface area contributed by atoms with Gasteiger partial charge in [0.05, 0.1) is 18.1 Å². The molecule has 0 saturated heterocycles. The number of carbonyl (C=O) groups is 1. The summed E-state index contributed by atoms with van der Waals surface area (Å²) in [6.07, 6.45) is 0. The molecule has 0 spiro atoms. The van der Waals surface area contributed by atoms with Crippen molar-refractivity contribution in [1.82, 2.24) is 15.0 Å². The SMILES string of the molecule is CCN(CC(=O)O)Cc1nc(-c2ccccc2Cl)no1. The molecule has 0 bridgehead atoms. The summed E-state index contributed by atoms with van der Waals surface area (Å²) in [4.78, 5) is 16.6. The van der Waals surface area contributed by atoms with E-state index in [1.165, 1.54) is 0 Å². The highest BCUT2D eigenvalue weighted by molar-refractivity contribution is 6.33. The fraction of sp³-hybridized carbons (Fsp3) is 0.308. The van der Waals surface area contributed by atoms with Crippen molar-refractivity contribution in [3.8, 4) is 11.4 Å². The zero-order valence-corrected chi connectivity index (χ0v) is 11.7. The second-order valence-corrected chi connectivity index (χ2v) is 4.60. The normalized spacial score (nSPS) is 10.9. The Hall–Kier alpha value is -1.92. The third-order valence-corrected chi connectivity index (χ3v) is 3.08. The number of benzene rings is 1. The Labute approximate surface area is 121 Å². The van der Waals surface area contributed by atoms with Crippen LogP contribution in [-0.2, 0) is 11.3 Å². The van der Waals surface area contributed by atoms with Crippen LogP contribution < -0.4 is 0 Å². The monoisotopic (exact) mass is 295 g/mol. The van der Waals surface area contributed by atoms with E-state index in [-0.39, 0.29) is 6.54 Å². The van der Waals surface area contributed by atoms with E-state index in [9.17, 15) is 4.79 Å². The molecule has 2 rings (SSSR count). The van der Waals surface area contributed by atoms with Crippen LogP contribution in [0.3, 0.4) is 0 Å². The minimum atomic E-state index is -0.891. The van der Waals surface area contributed by atoms with E-state index < -0.39 is 5.97 Å². The molecule has 0 unspecified atom stereocenters. The number of carboxylic acid groups (broad SMARTS) is 1. The van der Waals surface area contributed by atoms with Gasteiger partial charge in [-0.2, -0.15) is 4.98 Å². The van der Waals surface area contributed by atoms with Gasteiger partial charge in [-0.1, -0.05) is 35.8 Å². The Balaban J connectivity index is 2.13. The number of nitrogens with zero attached hydrogens (tertiary/aromatic N) is 3. The molecule has 1 N–H and O–H groups in total. The standard InChI is InChI=1S/C13H14ClN3O3/c1-2-17(8-12(18)19)7-11-15-13(16-20-11)9-5-3-4-6-10(9)14/h3-6H,2,7-8H2,1H3,(H,18,19). The van der Waals surface area contributed by atoms with Crippen molar-refractivity contribution in [1.29, 1.82) is 0 Å². The van der Waals surface area contributed by atoms with Crippen molar-refractivity contribution in [2.75, 3.05) is 13.1 Å². The Morgan fingerprint density at radius 3 is 2.85 bits per heavy atom. The first kappa shape index (κ1) is 14.5. The average Bonchev–Trinajstić information content (AvgIpc) is 2.86. The largest absolute Gasteiger partial charge is 0.480 e. The highest BCUT2D eigenvalue weighted by Crippen LogP contribution is 2.24. The number of aromatic nitrogens is 2. The second kappa shape index (κ2) is 6.49. The number of rotatable bonds is 6. The molecule has 0 fully saturated rings. The highest BCUT2D eigenvalue weighted by Gasteiger charge is 2.15. The third kappa shape index (κ3) is 3.55. The fourth-order valence-electron chi connectivity index (χ4n) is 1.73. The summed E-state index contributed by atoms with van der Waals surface area (Å²) in [5.74, 6) is -0.127. The molecular formula is C13H14ClN3O3. The van der Waals surface area contributed by atoms with Crippen molar-refractivity contribution in [2.24, 2.45) is 0 Å². The van der Waals surface area contributed by atoms with Gasteiger partial charge in [0.15, 0.2) is 0 Å². The number of halogens is 1. The predicted octanol–water partition coefficient (Wildman–Crippen LogP) is 2.30. The molecule has 0 aliphatic carbocycles. The summed E-state index contributed by atoms with van der Waals surface area (Å²) in [6.45, 7) is 2.67. The number of hydrogen-bond donors (Lipinski definition) is 1. The Kier molecular flexibility index (Phi) is 4.70. The fourth-order valence-corrected chi connectivity index (χ4v) is 1.95. The average molecular weight is 296 g/mol. The summed E-state index contributed by atoms with van der Waals surface area (Å²) in [5.41, 5.74) is 0.686. The van der Waals surface area contributed by atoms with Crippen LogP contribution in [-0.4, -0.2) is 39.2 Å². The van der Waals surface area contributed by atoms with Crippen LogP contribution in [0.4, 0.5) is 0 Å². The minimum Gasteiger partial charge on any atom is -0.480 e.